The molecule has 11 amide bonds. The van der Waals surface area contributed by atoms with Gasteiger partial charge in [0.25, 0.3) is 0 Å². The van der Waals surface area contributed by atoms with E-state index < -0.39 is 183 Å². The Morgan fingerprint density at radius 2 is 1.05 bits per heavy atom. The summed E-state index contributed by atoms with van der Waals surface area (Å²) in [5, 5.41) is 81.6. The SMILES string of the molecule is CSCC[C@H](NC(=O)[C@H](CC(C)C)NC(=O)CNC(=O)[C@H](Cc1ccc(O)cc1)NC(=O)[C@H](Cc1ccccc1)NC(=O)[C@H](CCC(=O)O)NC(=O)[C@H](CO)NC(=O)[C@H](CO)NC(=O)[C@H](CO)NC(=O)[C@@H]1CCCN1C(=O)[C@@H]1CCCN1C(=O)[C@@H](N)CCCCN)C(=O)O. The number of phenolic OH excluding ortho intramolecular Hbond substituents is 1. The number of carboxylic acids is 2. The summed E-state index contributed by atoms with van der Waals surface area (Å²) in [6.07, 6.45) is 3.01. The van der Waals surface area contributed by atoms with Gasteiger partial charge in [-0.3, -0.25) is 57.5 Å². The highest BCUT2D eigenvalue weighted by molar-refractivity contribution is 7.98. The van der Waals surface area contributed by atoms with Crippen LogP contribution >= 0.6 is 11.8 Å². The van der Waals surface area contributed by atoms with E-state index in [-0.39, 0.29) is 56.9 Å². The van der Waals surface area contributed by atoms with Crippen molar-refractivity contribution in [3.63, 3.8) is 0 Å². The van der Waals surface area contributed by atoms with E-state index in [0.29, 0.717) is 61.9 Å². The zero-order valence-corrected chi connectivity index (χ0v) is 53.7. The maximum atomic E-state index is 14.5. The average molecular weight is 1340 g/mol. The Hall–Kier alpha value is -8.50. The van der Waals surface area contributed by atoms with Crippen molar-refractivity contribution in [1.82, 2.24) is 57.7 Å². The number of amides is 11. The number of benzene rings is 2. The summed E-state index contributed by atoms with van der Waals surface area (Å²) < 4.78 is 0. The molecule has 0 spiro atoms. The van der Waals surface area contributed by atoms with E-state index in [1.165, 1.54) is 45.8 Å². The van der Waals surface area contributed by atoms with Crippen molar-refractivity contribution in [2.45, 2.75) is 164 Å². The van der Waals surface area contributed by atoms with Crippen molar-refractivity contribution >= 4 is 88.7 Å². The summed E-state index contributed by atoms with van der Waals surface area (Å²) in [4.78, 5) is 178. The van der Waals surface area contributed by atoms with Gasteiger partial charge in [-0.2, -0.15) is 11.8 Å². The van der Waals surface area contributed by atoms with Crippen LogP contribution in [0, 0.1) is 5.92 Å². The van der Waals surface area contributed by atoms with Gasteiger partial charge in [-0.05, 0) is 106 Å². The van der Waals surface area contributed by atoms with Crippen molar-refractivity contribution in [2.24, 2.45) is 17.4 Å². The number of unbranched alkanes of at least 4 members (excludes halogenated alkanes) is 1. The fourth-order valence-corrected chi connectivity index (χ4v) is 11.0. The number of rotatable bonds is 40. The Morgan fingerprint density at radius 3 is 1.60 bits per heavy atom. The van der Waals surface area contributed by atoms with E-state index in [2.05, 4.69) is 47.9 Å². The van der Waals surface area contributed by atoms with Crippen LogP contribution in [0.3, 0.4) is 0 Å². The van der Waals surface area contributed by atoms with Crippen LogP contribution in [0.1, 0.15) is 95.6 Å². The second-order valence-corrected chi connectivity index (χ2v) is 24.3. The van der Waals surface area contributed by atoms with Crippen LogP contribution in [0.4, 0.5) is 0 Å². The summed E-state index contributed by atoms with van der Waals surface area (Å²) in [5.41, 5.74) is 12.6. The highest BCUT2D eigenvalue weighted by atomic mass is 32.2. The van der Waals surface area contributed by atoms with Crippen molar-refractivity contribution in [3.8, 4) is 5.75 Å². The molecule has 520 valence electrons. The molecule has 2 aromatic rings. The second kappa shape index (κ2) is 39.9. The Kier molecular flexibility index (Phi) is 33.1. The van der Waals surface area contributed by atoms with Gasteiger partial charge in [-0.1, -0.05) is 62.7 Å². The molecular weight excluding hydrogens is 1250 g/mol. The molecule has 0 saturated carbocycles. The molecule has 0 unspecified atom stereocenters. The van der Waals surface area contributed by atoms with E-state index in [1.807, 2.05) is 0 Å². The lowest BCUT2D eigenvalue weighted by Crippen LogP contribution is -2.62. The van der Waals surface area contributed by atoms with Crippen LogP contribution in [0.15, 0.2) is 54.6 Å². The maximum Gasteiger partial charge on any atom is 0.326 e. The zero-order valence-electron chi connectivity index (χ0n) is 52.9. The average Bonchev–Trinajstić information content (AvgIpc) is 1.66. The first kappa shape index (κ1) is 77.9. The first-order chi connectivity index (χ1) is 44.7. The molecule has 0 radical (unpaired) electrons. The number of likely N-dealkylation sites (tertiary alicyclic amines) is 2. The number of aliphatic carboxylic acids is 2. The number of hydrogen-bond donors (Lipinski definition) is 17. The number of hydrogen-bond acceptors (Lipinski definition) is 20. The molecule has 2 heterocycles. The van der Waals surface area contributed by atoms with Gasteiger partial charge in [0.05, 0.1) is 32.4 Å². The molecular formula is C61H91N13O19S. The highest BCUT2D eigenvalue weighted by Crippen LogP contribution is 2.26. The fourth-order valence-electron chi connectivity index (χ4n) is 10.5. The number of nitrogens with two attached hydrogens (primary N) is 2. The highest BCUT2D eigenvalue weighted by Gasteiger charge is 2.44. The molecule has 2 aromatic carbocycles. The number of nitrogens with zero attached hydrogens (tertiary/aromatic N) is 2. The zero-order chi connectivity index (χ0) is 69.6. The van der Waals surface area contributed by atoms with Crippen LogP contribution < -0.4 is 59.3 Å². The summed E-state index contributed by atoms with van der Waals surface area (Å²) in [7, 11) is 0. The van der Waals surface area contributed by atoms with Crippen molar-refractivity contribution < 1.29 is 93.0 Å². The predicted octanol–water partition coefficient (Wildman–Crippen LogP) is -4.66. The quantitative estimate of drug-likeness (QED) is 0.0279. The largest absolute Gasteiger partial charge is 0.508 e. The van der Waals surface area contributed by atoms with E-state index in [1.54, 1.807) is 50.4 Å². The van der Waals surface area contributed by atoms with E-state index in [9.17, 15) is 93.0 Å². The molecule has 32 nitrogen and oxygen atoms in total. The van der Waals surface area contributed by atoms with Crippen molar-refractivity contribution in [2.75, 3.05) is 58.0 Å². The second-order valence-electron chi connectivity index (χ2n) is 23.3. The van der Waals surface area contributed by atoms with Gasteiger partial charge in [-0.25, -0.2) is 4.79 Å². The van der Waals surface area contributed by atoms with Crippen LogP contribution in [0.25, 0.3) is 0 Å². The van der Waals surface area contributed by atoms with Gasteiger partial charge in [0.15, 0.2) is 0 Å². The lowest BCUT2D eigenvalue weighted by atomic mass is 10.0. The summed E-state index contributed by atoms with van der Waals surface area (Å²) in [6, 6.07) is -2.36. The van der Waals surface area contributed by atoms with Crippen LogP contribution in [0.2, 0.25) is 0 Å². The molecule has 2 aliphatic rings. The van der Waals surface area contributed by atoms with Crippen molar-refractivity contribution in [1.29, 1.82) is 0 Å². The third-order valence-corrected chi connectivity index (χ3v) is 16.2. The number of thioether (sulfide) groups is 1. The molecule has 2 aliphatic heterocycles. The van der Waals surface area contributed by atoms with Gasteiger partial charge in [0.2, 0.25) is 65.0 Å². The summed E-state index contributed by atoms with van der Waals surface area (Å²) >= 11 is 1.37. The minimum atomic E-state index is -1.97. The van der Waals surface area contributed by atoms with Gasteiger partial charge >= 0.3 is 11.9 Å². The summed E-state index contributed by atoms with van der Waals surface area (Å²) in [6.45, 7) is 0.255. The molecule has 11 atom stereocenters. The smallest absolute Gasteiger partial charge is 0.326 e. The van der Waals surface area contributed by atoms with Crippen LogP contribution in [0.5, 0.6) is 5.75 Å². The number of carbonyl (C=O) groups excluding carboxylic acids is 11. The van der Waals surface area contributed by atoms with Gasteiger partial charge < -0.3 is 99.8 Å². The van der Waals surface area contributed by atoms with Crippen LogP contribution in [-0.2, 0) is 75.2 Å². The predicted molar refractivity (Wildman–Crippen MR) is 339 cm³/mol. The molecule has 0 aliphatic carbocycles. The third kappa shape index (κ3) is 25.1. The Bertz CT molecular complexity index is 2910. The summed E-state index contributed by atoms with van der Waals surface area (Å²) in [5.74, 6) is -12.9. The van der Waals surface area contributed by atoms with Gasteiger partial charge in [-0.15, -0.1) is 0 Å². The number of nitrogens with one attached hydrogen (secondary N) is 9. The number of aromatic hydroxyl groups is 1. The standard InChI is InChI=1S/C61H91N13O19S/c1-34(2)27-41(53(84)67-40(61(92)93)22-26-94-3)65-49(79)30-64-51(82)42(29-36-16-18-37(78)19-17-36)68-54(85)43(28-35-11-5-4-6-12-35)69-52(83)39(20-21-50(80)81)66-55(86)44(31-75)70-56(87)45(32-76)71-57(88)46(33-77)72-58(89)47-14-9-24-73(47)60(91)48-15-10-25-74(48)59(90)38(63)13-7-8-23-62/h4-6,11-12,16-19,34,38-48,75-78H,7-10,13-15,20-33,62-63H2,1-3H3,(H,64,82)(H,65,79)(H,66,86)(H,67,84)(H,68,85)(H,69,83)(H,70,87)(H,71,88)(H,72,89)(H,80,81)(H,92,93)/t38-,39-,40-,41-,42-,43-,44-,45-,46-,47-,48-/m0/s1. The van der Waals surface area contributed by atoms with Crippen LogP contribution in [-0.4, -0.2) is 242 Å². The molecule has 4 rings (SSSR count). The lowest BCUT2D eigenvalue weighted by Gasteiger charge is -2.32. The molecule has 33 heteroatoms. The first-order valence-corrected chi connectivity index (χ1v) is 32.5. The number of aliphatic hydroxyl groups excluding tert-OH is 3. The Morgan fingerprint density at radius 1 is 0.564 bits per heavy atom. The molecule has 2 saturated heterocycles. The fraction of sp³-hybridized carbons (Fsp3) is 0.590. The third-order valence-electron chi connectivity index (χ3n) is 15.6. The normalized spacial score (nSPS) is 17.3. The van der Waals surface area contributed by atoms with Crippen molar-refractivity contribution in [3.05, 3.63) is 65.7 Å². The van der Waals surface area contributed by atoms with Gasteiger partial charge in [0, 0.05) is 32.4 Å². The molecule has 2 fully saturated rings. The van der Waals surface area contributed by atoms with E-state index >= 15 is 0 Å². The molecule has 0 bridgehead atoms. The minimum Gasteiger partial charge on any atom is -0.508 e. The van der Waals surface area contributed by atoms with E-state index in [4.69, 9.17) is 11.5 Å². The minimum absolute atomic E-state index is 0.0907. The monoisotopic (exact) mass is 1340 g/mol. The number of aliphatic hydroxyl groups is 3. The number of carboxylic acid groups (broad SMARTS) is 2. The maximum absolute atomic E-state index is 14.5. The van der Waals surface area contributed by atoms with Gasteiger partial charge in [0.1, 0.15) is 66.2 Å². The number of phenols is 1. The lowest BCUT2D eigenvalue weighted by molar-refractivity contribution is -0.147. The van der Waals surface area contributed by atoms with E-state index in [0.717, 1.165) is 0 Å². The first-order valence-electron chi connectivity index (χ1n) is 31.1. The Balaban J connectivity index is 1.48. The molecule has 19 N–H and O–H groups in total. The molecule has 0 aromatic heterocycles. The topological polar surface area (TPSA) is 510 Å². The number of carbonyl (C=O) groups is 13. The Labute approximate surface area is 547 Å². The molecule has 94 heavy (non-hydrogen) atoms.